The van der Waals surface area contributed by atoms with Gasteiger partial charge in [-0.3, -0.25) is 24.0 Å². The van der Waals surface area contributed by atoms with Crippen LogP contribution < -0.4 is 22.1 Å². The normalized spacial score (nSPS) is 21.3. The van der Waals surface area contributed by atoms with Gasteiger partial charge in [-0.25, -0.2) is 0 Å². The first-order valence-electron chi connectivity index (χ1n) is 18.7. The van der Waals surface area contributed by atoms with E-state index in [1.807, 2.05) is 74.5 Å². The van der Waals surface area contributed by atoms with Gasteiger partial charge >= 0.3 is 0 Å². The number of rotatable bonds is 20. The maximum absolute atomic E-state index is 14.1. The molecule has 4 rings (SSSR count). The van der Waals surface area contributed by atoms with E-state index >= 15 is 0 Å². The van der Waals surface area contributed by atoms with Crippen LogP contribution in [0, 0.1) is 29.1 Å². The van der Waals surface area contributed by atoms with E-state index < -0.39 is 23.9 Å². The lowest BCUT2D eigenvalue weighted by Crippen LogP contribution is -2.47. The van der Waals surface area contributed by atoms with Crippen molar-refractivity contribution in [2.75, 3.05) is 13.1 Å². The molecule has 50 heavy (non-hydrogen) atoms. The molecule has 4 atom stereocenters. The molecule has 0 radical (unpaired) electrons. The van der Waals surface area contributed by atoms with Crippen LogP contribution in [0.15, 0.2) is 60.7 Å². The Hall–Kier alpha value is -3.69. The fraction of sp³-hybridized carbons (Fsp3) is 0.585. The van der Waals surface area contributed by atoms with Crippen LogP contribution in [0.2, 0.25) is 0 Å². The van der Waals surface area contributed by atoms with E-state index in [0.29, 0.717) is 64.5 Å². The molecule has 6 N–H and O–H groups in total. The minimum Gasteiger partial charge on any atom is -0.356 e. The van der Waals surface area contributed by atoms with Gasteiger partial charge in [0, 0.05) is 37.1 Å². The number of unbranched alkanes of at least 4 members (excludes halogenated alkanes) is 1. The van der Waals surface area contributed by atoms with E-state index in [9.17, 15) is 24.0 Å². The van der Waals surface area contributed by atoms with Crippen molar-refractivity contribution in [1.29, 1.82) is 0 Å². The number of Topliss-reactive ketones (excluding diaryl/α,β-unsaturated/α-hetero) is 3. The largest absolute Gasteiger partial charge is 0.356 e. The van der Waals surface area contributed by atoms with Gasteiger partial charge in [-0.15, -0.1) is 0 Å². The van der Waals surface area contributed by atoms with Crippen LogP contribution in [0.3, 0.4) is 0 Å². The molecule has 9 heteroatoms. The van der Waals surface area contributed by atoms with Gasteiger partial charge < -0.3 is 22.1 Å². The molecule has 1 aliphatic carbocycles. The lowest BCUT2D eigenvalue weighted by Gasteiger charge is -2.35. The summed E-state index contributed by atoms with van der Waals surface area (Å²) in [5, 5.41) is 5.99. The number of hydrogen-bond acceptors (Lipinski definition) is 7. The molecule has 2 fully saturated rings. The van der Waals surface area contributed by atoms with Crippen molar-refractivity contribution < 1.29 is 24.0 Å². The smallest absolute Gasteiger partial charge is 0.226 e. The van der Waals surface area contributed by atoms with E-state index in [0.717, 1.165) is 30.4 Å². The summed E-state index contributed by atoms with van der Waals surface area (Å²) in [4.78, 5) is 68.0. The lowest BCUT2D eigenvalue weighted by atomic mass is 9.67. The second-order valence-corrected chi connectivity index (χ2v) is 15.2. The third-order valence-electron chi connectivity index (χ3n) is 10.8. The molecule has 1 spiro atoms. The summed E-state index contributed by atoms with van der Waals surface area (Å²) >= 11 is 0. The highest BCUT2D eigenvalue weighted by Gasteiger charge is 2.46. The molecule has 2 aromatic carbocycles. The Balaban J connectivity index is 1.46. The molecule has 1 aliphatic heterocycles. The molecule has 9 nitrogen and oxygen atoms in total. The highest BCUT2D eigenvalue weighted by Crippen LogP contribution is 2.45. The fourth-order valence-corrected chi connectivity index (χ4v) is 7.81. The molecule has 0 bridgehead atoms. The second-order valence-electron chi connectivity index (χ2n) is 15.2. The highest BCUT2D eigenvalue weighted by molar-refractivity contribution is 5.95. The molecule has 272 valence electrons. The molecule has 0 aromatic heterocycles. The molecule has 1 heterocycles. The fourth-order valence-electron chi connectivity index (χ4n) is 7.81. The van der Waals surface area contributed by atoms with E-state index in [1.165, 1.54) is 0 Å². The van der Waals surface area contributed by atoms with Gasteiger partial charge in [0.1, 0.15) is 5.78 Å². The van der Waals surface area contributed by atoms with Gasteiger partial charge in [-0.2, -0.15) is 0 Å². The summed E-state index contributed by atoms with van der Waals surface area (Å²) in [5.74, 6) is -1.76. The average Bonchev–Trinajstić information content (AvgIpc) is 3.46. The zero-order valence-electron chi connectivity index (χ0n) is 30.0. The summed E-state index contributed by atoms with van der Waals surface area (Å²) in [6.07, 6.45) is 6.73. The lowest BCUT2D eigenvalue weighted by molar-refractivity contribution is -0.137. The van der Waals surface area contributed by atoms with Crippen molar-refractivity contribution in [3.63, 3.8) is 0 Å². The predicted molar refractivity (Wildman–Crippen MR) is 196 cm³/mol. The van der Waals surface area contributed by atoms with Gasteiger partial charge in [-0.05, 0) is 87.8 Å². The van der Waals surface area contributed by atoms with Crippen LogP contribution in [0.1, 0.15) is 95.6 Å². The van der Waals surface area contributed by atoms with E-state index in [-0.39, 0.29) is 59.3 Å². The number of carbonyl (C=O) groups excluding carboxylic acids is 5. The summed E-state index contributed by atoms with van der Waals surface area (Å²) in [6.45, 7) is 5.21. The standard InChI is InChI=1S/C41H58N4O5/c1-28(2)23-35(37(47)26-32(15-9-10-21-42)38(48)31-16-18-41(19-17-31)20-22-44-40(41)50)45-39(49)33(24-29-11-5-3-6-12-29)27-36(46)34(43)25-30-13-7-4-8-14-30/h3-8,11-14,28,31-35H,9-10,15-27,42-43H2,1-2H3,(H,44,50)(H,45,49)/t31?,32-,33-,34+,35+,41?/m0/s1. The van der Waals surface area contributed by atoms with Crippen LogP contribution in [-0.2, 0) is 36.8 Å². The quantitative estimate of drug-likeness (QED) is 0.145. The molecule has 2 amide bonds. The minimum atomic E-state index is -0.782. The van der Waals surface area contributed by atoms with Crippen LogP contribution >= 0.6 is 0 Å². The maximum Gasteiger partial charge on any atom is 0.226 e. The van der Waals surface area contributed by atoms with Crippen molar-refractivity contribution in [2.24, 2.45) is 40.6 Å². The van der Waals surface area contributed by atoms with Crippen LogP contribution in [0.25, 0.3) is 0 Å². The van der Waals surface area contributed by atoms with Gasteiger partial charge in [0.15, 0.2) is 11.6 Å². The second kappa shape index (κ2) is 19.1. The van der Waals surface area contributed by atoms with Gasteiger partial charge in [0.2, 0.25) is 11.8 Å². The SMILES string of the molecule is CC(C)C[C@@H](NC(=O)[C@H](CC(=O)[C@H](N)Cc1ccccc1)Cc1ccccc1)C(=O)C[C@H](CCCCN)C(=O)C1CCC2(CCNC2=O)CC1. The summed E-state index contributed by atoms with van der Waals surface area (Å²) in [5.41, 5.74) is 13.6. The Morgan fingerprint density at radius 3 is 2.00 bits per heavy atom. The molecule has 1 saturated carbocycles. The first-order chi connectivity index (χ1) is 24.0. The third-order valence-corrected chi connectivity index (χ3v) is 10.8. The number of nitrogens with two attached hydrogens (primary N) is 2. The Labute approximate surface area is 298 Å². The van der Waals surface area contributed by atoms with Crippen molar-refractivity contribution >= 4 is 29.2 Å². The number of carbonyl (C=O) groups is 5. The van der Waals surface area contributed by atoms with Crippen molar-refractivity contribution in [1.82, 2.24) is 10.6 Å². The molecule has 2 aromatic rings. The molecule has 0 unspecified atom stereocenters. The van der Waals surface area contributed by atoms with Crippen LogP contribution in [0.5, 0.6) is 0 Å². The molecule has 2 aliphatic rings. The number of benzene rings is 2. The first kappa shape index (κ1) is 39.1. The predicted octanol–water partition coefficient (Wildman–Crippen LogP) is 4.88. The topological polar surface area (TPSA) is 161 Å². The Morgan fingerprint density at radius 1 is 0.840 bits per heavy atom. The average molecular weight is 687 g/mol. The summed E-state index contributed by atoms with van der Waals surface area (Å²) in [6, 6.07) is 17.6. The zero-order valence-corrected chi connectivity index (χ0v) is 30.0. The van der Waals surface area contributed by atoms with Crippen molar-refractivity contribution in [2.45, 2.75) is 109 Å². The van der Waals surface area contributed by atoms with E-state index in [2.05, 4.69) is 10.6 Å². The molecule has 1 saturated heterocycles. The summed E-state index contributed by atoms with van der Waals surface area (Å²) < 4.78 is 0. The van der Waals surface area contributed by atoms with Crippen LogP contribution in [-0.4, -0.2) is 54.3 Å². The van der Waals surface area contributed by atoms with E-state index in [1.54, 1.807) is 0 Å². The summed E-state index contributed by atoms with van der Waals surface area (Å²) in [7, 11) is 0. The highest BCUT2D eigenvalue weighted by atomic mass is 16.2. The van der Waals surface area contributed by atoms with Crippen molar-refractivity contribution in [3.05, 3.63) is 71.8 Å². The Kier molecular flexibility index (Phi) is 14.9. The minimum absolute atomic E-state index is 0.0429. The number of ketones is 3. The number of amides is 2. The molecular weight excluding hydrogens is 628 g/mol. The van der Waals surface area contributed by atoms with Gasteiger partial charge in [0.05, 0.1) is 17.5 Å². The number of nitrogens with one attached hydrogen (secondary N) is 2. The Morgan fingerprint density at radius 2 is 1.44 bits per heavy atom. The zero-order chi connectivity index (χ0) is 36.1. The number of hydrogen-bond donors (Lipinski definition) is 4. The maximum atomic E-state index is 14.1. The monoisotopic (exact) mass is 686 g/mol. The Bertz CT molecular complexity index is 1420. The third kappa shape index (κ3) is 11.2. The van der Waals surface area contributed by atoms with Gasteiger partial charge in [0.25, 0.3) is 0 Å². The van der Waals surface area contributed by atoms with Gasteiger partial charge in [-0.1, -0.05) is 80.9 Å². The first-order valence-corrected chi connectivity index (χ1v) is 18.7. The van der Waals surface area contributed by atoms with E-state index in [4.69, 9.17) is 11.5 Å². The van der Waals surface area contributed by atoms with Crippen LogP contribution in [0.4, 0.5) is 0 Å². The molecular formula is C41H58N4O5. The van der Waals surface area contributed by atoms with Crippen molar-refractivity contribution in [3.8, 4) is 0 Å².